The van der Waals surface area contributed by atoms with E-state index in [4.69, 9.17) is 35.4 Å². The molecule has 0 saturated heterocycles. The summed E-state index contributed by atoms with van der Waals surface area (Å²) in [7, 11) is -11.6. The lowest BCUT2D eigenvalue weighted by Crippen LogP contribution is -2.21. The zero-order chi connectivity index (χ0) is 41.3. The minimum Gasteiger partial charge on any atom is -0.741 e. The van der Waals surface area contributed by atoms with Crippen LogP contribution in [-0.2, 0) is 42.0 Å². The second-order valence-electron chi connectivity index (χ2n) is 11.6. The molecule has 3 rings (SSSR count). The average Bonchev–Trinajstić information content (AvgIpc) is 3.06. The standard InChI is InChI=1S/C34H44O2S2.2CHF3O3S/c1-7-9-23-35-33-25-30(18-12-28-15-21-32(22-16-28)38(5)6)34(36-24-10-8-2)26-29(33)17-11-27-13-19-31(20-14-27)37(3)4;2*2-1(3,4)8(5,6)7/h11-22,25-26H,7-10,23-24H2,1-6H3;2*(H,5,6,7)/q+2;;/p-2/b17-11+,18-12+;;. The molecule has 0 N–H and O–H groups in total. The van der Waals surface area contributed by atoms with Crippen molar-refractivity contribution in [3.8, 4) is 11.5 Å². The smallest absolute Gasteiger partial charge is 0.485 e. The average molecular weight is 847 g/mol. The fraction of sp³-hybridized carbons (Fsp3) is 0.389. The third-order valence-corrected chi connectivity index (χ3v) is 10.4. The van der Waals surface area contributed by atoms with E-state index in [1.165, 1.54) is 20.9 Å². The lowest BCUT2D eigenvalue weighted by Gasteiger charge is -2.15. The molecule has 0 unspecified atom stereocenters. The highest BCUT2D eigenvalue weighted by atomic mass is 32.2. The number of hydrogen-bond acceptors (Lipinski definition) is 8. The molecule has 0 bridgehead atoms. The molecule has 0 atom stereocenters. The van der Waals surface area contributed by atoms with Gasteiger partial charge in [0.05, 0.1) is 13.2 Å². The Hall–Kier alpha value is -3.16. The van der Waals surface area contributed by atoms with Crippen molar-refractivity contribution in [3.05, 3.63) is 82.9 Å². The Morgan fingerprint density at radius 1 is 0.574 bits per heavy atom. The van der Waals surface area contributed by atoms with E-state index in [1.54, 1.807) is 0 Å². The molecule has 0 fully saturated rings. The lowest BCUT2D eigenvalue weighted by molar-refractivity contribution is -0.0522. The molecule has 0 aliphatic carbocycles. The van der Waals surface area contributed by atoms with Crippen LogP contribution in [0.1, 0.15) is 61.8 Å². The molecule has 8 nitrogen and oxygen atoms in total. The monoisotopic (exact) mass is 846 g/mol. The second-order valence-corrected chi connectivity index (χ2v) is 18.5. The second kappa shape index (κ2) is 22.4. The molecule has 0 aromatic heterocycles. The molecule has 0 saturated carbocycles. The highest BCUT2D eigenvalue weighted by Gasteiger charge is 2.37. The molecule has 0 heterocycles. The van der Waals surface area contributed by atoms with Gasteiger partial charge >= 0.3 is 11.0 Å². The van der Waals surface area contributed by atoms with Crippen molar-refractivity contribution in [1.29, 1.82) is 0 Å². The van der Waals surface area contributed by atoms with Crippen molar-refractivity contribution in [2.45, 2.75) is 60.3 Å². The largest absolute Gasteiger partial charge is 0.741 e. The highest BCUT2D eigenvalue weighted by Crippen LogP contribution is 2.33. The summed E-state index contributed by atoms with van der Waals surface area (Å²) < 4.78 is 130. The van der Waals surface area contributed by atoms with Gasteiger partial charge < -0.3 is 18.6 Å². The predicted octanol–water partition coefficient (Wildman–Crippen LogP) is 8.96. The van der Waals surface area contributed by atoms with E-state index in [1.807, 2.05) is 0 Å². The maximum absolute atomic E-state index is 10.7. The van der Waals surface area contributed by atoms with Gasteiger partial charge in [0, 0.05) is 32.9 Å². The van der Waals surface area contributed by atoms with Gasteiger partial charge in [-0.3, -0.25) is 0 Å². The molecule has 3 aromatic rings. The molecule has 0 spiro atoms. The van der Waals surface area contributed by atoms with Crippen LogP contribution in [0, 0.1) is 0 Å². The molecule has 18 heteroatoms. The van der Waals surface area contributed by atoms with Crippen LogP contribution in [0.4, 0.5) is 26.3 Å². The van der Waals surface area contributed by atoms with Crippen LogP contribution < -0.4 is 9.47 Å². The van der Waals surface area contributed by atoms with Crippen LogP contribution in [0.3, 0.4) is 0 Å². The van der Waals surface area contributed by atoms with Gasteiger partial charge in [-0.25, -0.2) is 16.8 Å². The minimum absolute atomic E-state index is 0.268. The molecule has 0 radical (unpaired) electrons. The van der Waals surface area contributed by atoms with Gasteiger partial charge in [0.25, 0.3) is 0 Å². The number of halogens is 6. The summed E-state index contributed by atoms with van der Waals surface area (Å²) >= 11 is 0. The van der Waals surface area contributed by atoms with Crippen molar-refractivity contribution in [3.63, 3.8) is 0 Å². The molecule has 302 valence electrons. The van der Waals surface area contributed by atoms with Crippen LogP contribution >= 0.6 is 0 Å². The maximum Gasteiger partial charge on any atom is 0.485 e. The van der Waals surface area contributed by atoms with Crippen molar-refractivity contribution in [1.82, 2.24) is 0 Å². The summed E-state index contributed by atoms with van der Waals surface area (Å²) in [6.07, 6.45) is 21.9. The van der Waals surface area contributed by atoms with Gasteiger partial charge in [-0.05, 0) is 60.4 Å². The molecule has 3 aromatic carbocycles. The summed E-state index contributed by atoms with van der Waals surface area (Å²) in [5, 5.41) is 0. The molecule has 0 aliphatic heterocycles. The normalized spacial score (nSPS) is 12.4. The Balaban J connectivity index is 0.000000757. The molecular weight excluding hydrogens is 803 g/mol. The number of unbranched alkanes of at least 4 members (excludes halogenated alkanes) is 2. The van der Waals surface area contributed by atoms with E-state index in [9.17, 15) is 26.3 Å². The quantitative estimate of drug-likeness (QED) is 0.0392. The third-order valence-electron chi connectivity index (χ3n) is 6.83. The van der Waals surface area contributed by atoms with Gasteiger partial charge in [-0.1, -0.05) is 75.3 Å². The number of rotatable bonds is 14. The van der Waals surface area contributed by atoms with Crippen molar-refractivity contribution in [2.24, 2.45) is 0 Å². The summed E-state index contributed by atoms with van der Waals surface area (Å²) in [5.74, 6) is 1.79. The van der Waals surface area contributed by atoms with E-state index in [0.29, 0.717) is 13.2 Å². The van der Waals surface area contributed by atoms with Crippen LogP contribution in [0.25, 0.3) is 24.3 Å². The van der Waals surface area contributed by atoms with Crippen molar-refractivity contribution < 1.29 is 61.8 Å². The van der Waals surface area contributed by atoms with Crippen molar-refractivity contribution in [2.75, 3.05) is 38.2 Å². The summed E-state index contributed by atoms with van der Waals surface area (Å²) in [6, 6.07) is 21.9. The Bertz CT molecular complexity index is 1720. The summed E-state index contributed by atoms with van der Waals surface area (Å²) in [5.41, 5.74) is -6.84. The lowest BCUT2D eigenvalue weighted by atomic mass is 10.1. The summed E-state index contributed by atoms with van der Waals surface area (Å²) in [4.78, 5) is 2.76. The van der Waals surface area contributed by atoms with Crippen molar-refractivity contribution >= 4 is 66.3 Å². The van der Waals surface area contributed by atoms with Crippen LogP contribution in [0.5, 0.6) is 11.5 Å². The first kappa shape index (κ1) is 48.9. The van der Waals surface area contributed by atoms with Gasteiger partial charge in [0.1, 0.15) is 36.5 Å². The zero-order valence-corrected chi connectivity index (χ0v) is 33.8. The van der Waals surface area contributed by atoms with E-state index in [0.717, 1.165) is 48.3 Å². The number of hydrogen-bond donors (Lipinski definition) is 0. The molecule has 0 aliphatic rings. The maximum atomic E-state index is 10.7. The number of alkyl halides is 6. The Morgan fingerprint density at radius 2 is 0.852 bits per heavy atom. The van der Waals surface area contributed by atoms with Crippen LogP contribution in [0.2, 0.25) is 0 Å². The van der Waals surface area contributed by atoms with E-state index >= 15 is 0 Å². The third kappa shape index (κ3) is 18.0. The van der Waals surface area contributed by atoms with E-state index in [-0.39, 0.29) is 21.8 Å². The molecule has 54 heavy (non-hydrogen) atoms. The first-order valence-corrected chi connectivity index (χ1v) is 23.0. The summed E-state index contributed by atoms with van der Waals surface area (Å²) in [6.45, 7) is 5.79. The van der Waals surface area contributed by atoms with Crippen LogP contribution in [-0.4, -0.2) is 75.2 Å². The fourth-order valence-corrected chi connectivity index (χ4v) is 5.19. The molecular formula is C36H44F6O8S4. The van der Waals surface area contributed by atoms with E-state index < -0.39 is 31.3 Å². The van der Waals surface area contributed by atoms with Gasteiger partial charge in [-0.2, -0.15) is 26.3 Å². The number of benzene rings is 3. The highest BCUT2D eigenvalue weighted by molar-refractivity contribution is 7.95. The SMILES string of the molecule is CCCCOc1cc(/C=C/c2ccc([S+](C)C)cc2)c(OCCCC)cc1/C=C/c1ccc([S+](C)C)cc1.O=S(=O)([O-])C(F)(F)F.O=S(=O)([O-])C(F)(F)F. The zero-order valence-electron chi connectivity index (χ0n) is 30.5. The fourth-order valence-electron chi connectivity index (χ4n) is 3.83. The first-order valence-electron chi connectivity index (χ1n) is 16.1. The van der Waals surface area contributed by atoms with Gasteiger partial charge in [0.2, 0.25) is 0 Å². The van der Waals surface area contributed by atoms with Gasteiger partial charge in [-0.15, -0.1) is 0 Å². The topological polar surface area (TPSA) is 133 Å². The first-order chi connectivity index (χ1) is 24.9. The molecule has 0 amide bonds. The van der Waals surface area contributed by atoms with Crippen LogP contribution in [0.15, 0.2) is 70.5 Å². The minimum atomic E-state index is -6.09. The van der Waals surface area contributed by atoms with E-state index in [2.05, 4.69) is 124 Å². The Kier molecular flexibility index (Phi) is 20.3. The van der Waals surface area contributed by atoms with Gasteiger partial charge in [0.15, 0.2) is 30.0 Å². The Labute approximate surface area is 319 Å². The number of ether oxygens (including phenoxy) is 2. The predicted molar refractivity (Wildman–Crippen MR) is 204 cm³/mol. The Morgan fingerprint density at radius 3 is 1.07 bits per heavy atom.